The number of Topliss-reactive ketones (excluding diaryl/α,β-unsaturated/α-hetero) is 1. The number of carbonyl (C=O) groups excluding carboxylic acids is 2. The molecular weight excluding hydrogens is 567 g/mol. The van der Waals surface area contributed by atoms with Gasteiger partial charge in [-0.3, -0.25) is 9.59 Å². The van der Waals surface area contributed by atoms with E-state index in [0.29, 0.717) is 20.6 Å². The van der Waals surface area contributed by atoms with E-state index in [9.17, 15) is 19.7 Å². The Hall–Kier alpha value is -4.21. The number of rotatable bonds is 10. The first-order valence-electron chi connectivity index (χ1n) is 12.9. The summed E-state index contributed by atoms with van der Waals surface area (Å²) in [5.74, 6) is -1.55. The highest BCUT2D eigenvalue weighted by Gasteiger charge is 2.30. The molecule has 0 atom stereocenters. The molecule has 4 aromatic rings. The molecule has 41 heavy (non-hydrogen) atoms. The van der Waals surface area contributed by atoms with Gasteiger partial charge in [-0.15, -0.1) is 0 Å². The van der Waals surface area contributed by atoms with Gasteiger partial charge in [0, 0.05) is 16.0 Å². The monoisotopic (exact) mass is 594 g/mol. The minimum absolute atomic E-state index is 0.0443. The summed E-state index contributed by atoms with van der Waals surface area (Å²) in [4.78, 5) is 45.4. The smallest absolute Gasteiger partial charge is 0.325 e. The lowest BCUT2D eigenvalue weighted by Gasteiger charge is -2.17. The van der Waals surface area contributed by atoms with Gasteiger partial charge in [0.1, 0.15) is 12.1 Å². The summed E-state index contributed by atoms with van der Waals surface area (Å²) in [5, 5.41) is 20.1. The molecule has 1 N–H and O–H groups in total. The van der Waals surface area contributed by atoms with Crippen LogP contribution in [-0.2, 0) is 16.1 Å². The van der Waals surface area contributed by atoms with Gasteiger partial charge in [0.15, 0.2) is 5.71 Å². The second-order valence-electron chi connectivity index (χ2n) is 9.59. The number of aryl methyl sites for hydroxylation is 3. The zero-order chi connectivity index (χ0) is 29.7. The van der Waals surface area contributed by atoms with E-state index in [1.54, 1.807) is 25.1 Å². The van der Waals surface area contributed by atoms with Gasteiger partial charge in [0.25, 0.3) is 11.4 Å². The van der Waals surface area contributed by atoms with Gasteiger partial charge in [-0.2, -0.15) is 0 Å². The Morgan fingerprint density at radius 3 is 2.46 bits per heavy atom. The number of oxime groups is 1. The molecule has 0 bridgehead atoms. The second-order valence-corrected chi connectivity index (χ2v) is 10.4. The molecule has 1 amide bonds. The van der Waals surface area contributed by atoms with Crippen LogP contribution in [-0.4, -0.2) is 28.7 Å². The molecule has 0 radical (unpaired) electrons. The van der Waals surface area contributed by atoms with Crippen molar-refractivity contribution < 1.29 is 18.9 Å². The Labute approximate surface area is 246 Å². The van der Waals surface area contributed by atoms with Crippen LogP contribution in [0.5, 0.6) is 0 Å². The van der Waals surface area contributed by atoms with Crippen LogP contribution in [0.2, 0.25) is 10.0 Å². The van der Waals surface area contributed by atoms with Gasteiger partial charge in [-0.05, 0) is 74.6 Å². The highest BCUT2D eigenvalue weighted by molar-refractivity contribution is 6.47. The van der Waals surface area contributed by atoms with Crippen LogP contribution in [0.4, 0.5) is 5.69 Å². The van der Waals surface area contributed by atoms with Crippen molar-refractivity contribution in [1.82, 2.24) is 4.73 Å². The Bertz CT molecular complexity index is 1720. The van der Waals surface area contributed by atoms with Crippen molar-refractivity contribution in [3.8, 4) is 0 Å². The van der Waals surface area contributed by atoms with Crippen molar-refractivity contribution in [2.24, 2.45) is 5.16 Å². The van der Waals surface area contributed by atoms with Gasteiger partial charge in [0.05, 0.1) is 27.3 Å². The molecule has 0 saturated carbocycles. The molecule has 4 rings (SSSR count). The molecule has 0 aliphatic carbocycles. The number of aromatic nitrogens is 2. The summed E-state index contributed by atoms with van der Waals surface area (Å²) in [6.07, 6.45) is 0.724. The van der Waals surface area contributed by atoms with Crippen molar-refractivity contribution in [3.63, 3.8) is 0 Å². The van der Waals surface area contributed by atoms with Crippen LogP contribution in [0, 0.1) is 30.9 Å². The first-order chi connectivity index (χ1) is 19.6. The summed E-state index contributed by atoms with van der Waals surface area (Å²) in [6.45, 7) is 5.18. The van der Waals surface area contributed by atoms with Crippen molar-refractivity contribution in [3.05, 3.63) is 109 Å². The molecule has 1 aromatic heterocycles. The Morgan fingerprint density at radius 2 is 1.73 bits per heavy atom. The first kappa shape index (κ1) is 29.8. The van der Waals surface area contributed by atoms with Crippen molar-refractivity contribution in [2.75, 3.05) is 11.9 Å². The predicted molar refractivity (Wildman–Crippen MR) is 160 cm³/mol. The number of carbonyl (C=O) groups is 2. The van der Waals surface area contributed by atoms with Gasteiger partial charge in [0.2, 0.25) is 5.78 Å². The molecule has 0 aliphatic heterocycles. The minimum atomic E-state index is -0.777. The molecule has 0 aliphatic rings. The van der Waals surface area contributed by atoms with Crippen molar-refractivity contribution in [2.45, 2.75) is 40.0 Å². The third-order valence-corrected chi connectivity index (χ3v) is 7.19. The molecule has 1 heterocycles. The van der Waals surface area contributed by atoms with Gasteiger partial charge in [-0.25, -0.2) is 0 Å². The van der Waals surface area contributed by atoms with Crippen molar-refractivity contribution in [1.29, 1.82) is 0 Å². The maximum atomic E-state index is 13.5. The van der Waals surface area contributed by atoms with Crippen LogP contribution in [0.3, 0.4) is 0 Å². The van der Waals surface area contributed by atoms with Crippen LogP contribution < -0.4 is 9.74 Å². The van der Waals surface area contributed by atoms with E-state index in [-0.39, 0.29) is 45.4 Å². The Kier molecular flexibility index (Phi) is 9.42. The molecular formula is C30H28Cl2N4O5. The molecule has 0 spiro atoms. The lowest BCUT2D eigenvalue weighted by molar-refractivity contribution is -0.468. The highest BCUT2D eigenvalue weighted by Crippen LogP contribution is 2.26. The van der Waals surface area contributed by atoms with Gasteiger partial charge < -0.3 is 20.1 Å². The van der Waals surface area contributed by atoms with E-state index in [1.807, 2.05) is 37.3 Å². The minimum Gasteiger partial charge on any atom is -0.805 e. The molecule has 0 fully saturated rings. The highest BCUT2D eigenvalue weighted by atomic mass is 35.5. The average Bonchev–Trinajstić information content (AvgIpc) is 2.94. The maximum Gasteiger partial charge on any atom is 0.325 e. The summed E-state index contributed by atoms with van der Waals surface area (Å²) >= 11 is 12.2. The fourth-order valence-electron chi connectivity index (χ4n) is 4.26. The van der Waals surface area contributed by atoms with Gasteiger partial charge >= 0.3 is 5.69 Å². The van der Waals surface area contributed by atoms with Crippen molar-refractivity contribution >= 4 is 57.3 Å². The Morgan fingerprint density at radius 1 is 1.02 bits per heavy atom. The number of ketones is 1. The molecule has 0 saturated heterocycles. The summed E-state index contributed by atoms with van der Waals surface area (Å²) in [5.41, 5.74) is 2.34. The lowest BCUT2D eigenvalue weighted by Crippen LogP contribution is -2.33. The fraction of sp³-hybridized carbons (Fsp3) is 0.233. The number of nitrogens with one attached hydrogen (secondary N) is 1. The van der Waals surface area contributed by atoms with E-state index >= 15 is 0 Å². The molecule has 11 heteroatoms. The summed E-state index contributed by atoms with van der Waals surface area (Å²) in [6, 6.07) is 17.5. The molecule has 0 unspecified atom stereocenters. The van der Waals surface area contributed by atoms with E-state index in [2.05, 4.69) is 10.5 Å². The molecule has 212 valence electrons. The fourth-order valence-corrected chi connectivity index (χ4v) is 4.59. The van der Waals surface area contributed by atoms with Crippen LogP contribution in [0.1, 0.15) is 45.7 Å². The number of anilines is 1. The number of fused-ring (bicyclic) bond motifs is 1. The number of halogens is 2. The summed E-state index contributed by atoms with van der Waals surface area (Å²) in [7, 11) is 0. The van der Waals surface area contributed by atoms with E-state index < -0.39 is 18.1 Å². The van der Waals surface area contributed by atoms with Crippen LogP contribution in [0.25, 0.3) is 11.0 Å². The lowest BCUT2D eigenvalue weighted by atomic mass is 10.1. The second kappa shape index (κ2) is 13.0. The third-order valence-electron chi connectivity index (χ3n) is 6.63. The van der Waals surface area contributed by atoms with E-state index in [4.69, 9.17) is 28.0 Å². The number of hydrogen-bond donors (Lipinski definition) is 1. The third kappa shape index (κ3) is 6.93. The average molecular weight is 595 g/mol. The largest absolute Gasteiger partial charge is 0.805 e. The van der Waals surface area contributed by atoms with Crippen LogP contribution in [0.15, 0.2) is 65.8 Å². The number of amides is 1. The normalized spacial score (nSPS) is 11.5. The van der Waals surface area contributed by atoms with Crippen LogP contribution >= 0.6 is 23.2 Å². The Balaban J connectivity index is 1.62. The maximum absolute atomic E-state index is 13.5. The zero-order valence-corrected chi connectivity index (χ0v) is 24.3. The number of nitrogens with zero attached hydrogens (tertiary/aromatic N) is 3. The summed E-state index contributed by atoms with van der Waals surface area (Å²) < 4.78 is 0.976. The number of benzene rings is 3. The first-order valence-corrected chi connectivity index (χ1v) is 13.6. The predicted octanol–water partition coefficient (Wildman–Crippen LogP) is 6.35. The topological polar surface area (TPSA) is 119 Å². The SMILES string of the molecule is Cc1cc2c(cc1C)[n+](=O)c(C(=O)C/C(=N/OCCCc1ccccc1)C(=O)Nc1cc(Cl)ccc1Cl)c(C)n2[O-]. The standard InChI is InChI=1S/C30H28Cl2N4O5/c1-18-14-26-27(15-19(18)2)36(40)29(20(3)35(26)39)28(37)17-25(30(38)33-24-16-22(31)11-12-23(24)32)34-41-13-7-10-21-8-5-4-6-9-21/h4-6,8-9,11-12,14-16H,7,10,13,17H2,1-3H3,(H,33,38)/b34-25-. The zero-order valence-electron chi connectivity index (χ0n) is 22.7. The molecule has 9 nitrogen and oxygen atoms in total. The number of hydrogen-bond acceptors (Lipinski definition) is 6. The van der Waals surface area contributed by atoms with Gasteiger partial charge in [-0.1, -0.05) is 58.7 Å². The van der Waals surface area contributed by atoms with E-state index in [1.165, 1.54) is 19.1 Å². The van der Waals surface area contributed by atoms with E-state index in [0.717, 1.165) is 23.1 Å². The molecule has 3 aromatic carbocycles. The quantitative estimate of drug-likeness (QED) is 0.0754.